The highest BCUT2D eigenvalue weighted by molar-refractivity contribution is 9.10. The number of ether oxygens (including phenoxy) is 1. The lowest BCUT2D eigenvalue weighted by Crippen LogP contribution is -2.52. The zero-order valence-corrected chi connectivity index (χ0v) is 23.3. The maximum absolute atomic E-state index is 13.6. The average molecular weight is 592 g/mol. The summed E-state index contributed by atoms with van der Waals surface area (Å²) in [5.74, 6) is 0.0892. The summed E-state index contributed by atoms with van der Waals surface area (Å²) in [7, 11) is 0. The number of carbonyl (C=O) groups excluding carboxylic acids is 2. The van der Waals surface area contributed by atoms with Crippen LogP contribution in [0.3, 0.4) is 0 Å². The first-order valence-electron chi connectivity index (χ1n) is 11.7. The maximum atomic E-state index is 13.6. The van der Waals surface area contributed by atoms with Crippen LogP contribution in [0, 0.1) is 5.92 Å². The van der Waals surface area contributed by atoms with Gasteiger partial charge in [0.05, 0.1) is 5.02 Å². The lowest BCUT2D eigenvalue weighted by molar-refractivity contribution is -0.142. The molecule has 0 aliphatic rings. The second-order valence-electron chi connectivity index (χ2n) is 8.86. The lowest BCUT2D eigenvalue weighted by atomic mass is 10.0. The highest BCUT2D eigenvalue weighted by atomic mass is 79.9. The number of benzene rings is 3. The molecule has 8 heteroatoms. The summed E-state index contributed by atoms with van der Waals surface area (Å²) in [5, 5.41) is 3.79. The Morgan fingerprint density at radius 1 is 0.972 bits per heavy atom. The Morgan fingerprint density at radius 3 is 2.31 bits per heavy atom. The van der Waals surface area contributed by atoms with Crippen LogP contribution in [0.15, 0.2) is 77.3 Å². The standard InChI is InChI=1S/C28H29BrCl2N2O3/c1-19(2)16-32-28(35)25(14-20-6-4-3-5-7-20)33(17-21-8-10-22(29)11-9-21)27(34)18-36-26-13-12-23(30)15-24(26)31/h3-13,15,19,25H,14,16-18H2,1-2H3,(H,32,35). The van der Waals surface area contributed by atoms with Gasteiger partial charge in [0.25, 0.3) is 5.91 Å². The van der Waals surface area contributed by atoms with E-state index < -0.39 is 6.04 Å². The number of nitrogens with zero attached hydrogens (tertiary/aromatic N) is 1. The molecule has 1 unspecified atom stereocenters. The maximum Gasteiger partial charge on any atom is 0.261 e. The summed E-state index contributed by atoms with van der Waals surface area (Å²) in [6.07, 6.45) is 0.370. The van der Waals surface area contributed by atoms with E-state index >= 15 is 0 Å². The second kappa shape index (κ2) is 13.7. The van der Waals surface area contributed by atoms with Crippen molar-refractivity contribution in [2.75, 3.05) is 13.2 Å². The summed E-state index contributed by atoms with van der Waals surface area (Å²) in [6.45, 7) is 4.54. The van der Waals surface area contributed by atoms with Gasteiger partial charge in [-0.05, 0) is 47.4 Å². The van der Waals surface area contributed by atoms with Crippen LogP contribution < -0.4 is 10.1 Å². The molecular formula is C28H29BrCl2N2O3. The van der Waals surface area contributed by atoms with Gasteiger partial charge in [-0.3, -0.25) is 9.59 Å². The summed E-state index contributed by atoms with van der Waals surface area (Å²) < 4.78 is 6.68. The fourth-order valence-corrected chi connectivity index (χ4v) is 4.31. The van der Waals surface area contributed by atoms with E-state index in [0.717, 1.165) is 15.6 Å². The number of hydrogen-bond donors (Lipinski definition) is 1. The minimum absolute atomic E-state index is 0.206. The molecule has 3 rings (SSSR count). The van der Waals surface area contributed by atoms with Crippen LogP contribution in [-0.2, 0) is 22.6 Å². The van der Waals surface area contributed by atoms with E-state index in [4.69, 9.17) is 27.9 Å². The van der Waals surface area contributed by atoms with E-state index in [2.05, 4.69) is 21.2 Å². The molecule has 0 saturated carbocycles. The molecule has 5 nitrogen and oxygen atoms in total. The second-order valence-corrected chi connectivity index (χ2v) is 10.6. The molecule has 0 aliphatic heterocycles. The van der Waals surface area contributed by atoms with Gasteiger partial charge >= 0.3 is 0 Å². The molecule has 190 valence electrons. The number of amides is 2. The largest absolute Gasteiger partial charge is 0.482 e. The first kappa shape index (κ1) is 28.0. The minimum Gasteiger partial charge on any atom is -0.482 e. The van der Waals surface area contributed by atoms with E-state index in [1.165, 1.54) is 0 Å². The van der Waals surface area contributed by atoms with Gasteiger partial charge in [-0.15, -0.1) is 0 Å². The van der Waals surface area contributed by atoms with Gasteiger partial charge in [0.15, 0.2) is 6.61 Å². The Bertz CT molecular complexity index is 1160. The molecule has 0 saturated heterocycles. The van der Waals surface area contributed by atoms with Crippen LogP contribution in [0.4, 0.5) is 0 Å². The van der Waals surface area contributed by atoms with Gasteiger partial charge in [-0.25, -0.2) is 0 Å². The number of halogens is 3. The Labute approximate surface area is 230 Å². The van der Waals surface area contributed by atoms with Crippen molar-refractivity contribution in [2.45, 2.75) is 32.9 Å². The van der Waals surface area contributed by atoms with Crippen molar-refractivity contribution in [3.05, 3.63) is 98.4 Å². The molecule has 2 amide bonds. The Hall–Kier alpha value is -2.54. The molecule has 0 fully saturated rings. The number of carbonyl (C=O) groups is 2. The predicted octanol–water partition coefficient (Wildman–Crippen LogP) is 6.55. The van der Waals surface area contributed by atoms with Gasteiger partial charge < -0.3 is 15.0 Å². The smallest absolute Gasteiger partial charge is 0.261 e. The molecule has 0 aromatic heterocycles. The van der Waals surface area contributed by atoms with Crippen molar-refractivity contribution >= 4 is 50.9 Å². The third-order valence-electron chi connectivity index (χ3n) is 5.47. The van der Waals surface area contributed by atoms with E-state index in [9.17, 15) is 9.59 Å². The van der Waals surface area contributed by atoms with Gasteiger partial charge in [0.2, 0.25) is 5.91 Å². The average Bonchev–Trinajstić information content (AvgIpc) is 2.85. The molecule has 1 N–H and O–H groups in total. The van der Waals surface area contributed by atoms with Crippen LogP contribution >= 0.6 is 39.1 Å². The van der Waals surface area contributed by atoms with Gasteiger partial charge in [-0.1, -0.05) is 95.4 Å². The monoisotopic (exact) mass is 590 g/mol. The number of rotatable bonds is 11. The molecule has 3 aromatic rings. The van der Waals surface area contributed by atoms with E-state index in [1.807, 2.05) is 68.4 Å². The third-order valence-corrected chi connectivity index (χ3v) is 6.53. The van der Waals surface area contributed by atoms with Crippen LogP contribution in [0.5, 0.6) is 5.75 Å². The van der Waals surface area contributed by atoms with Crippen molar-refractivity contribution < 1.29 is 14.3 Å². The molecular weight excluding hydrogens is 563 g/mol. The van der Waals surface area contributed by atoms with Gasteiger partial charge in [0.1, 0.15) is 11.8 Å². The summed E-state index contributed by atoms with van der Waals surface area (Å²) >= 11 is 15.6. The minimum atomic E-state index is -0.730. The van der Waals surface area contributed by atoms with E-state index in [0.29, 0.717) is 28.8 Å². The van der Waals surface area contributed by atoms with Gasteiger partial charge in [-0.2, -0.15) is 0 Å². The highest BCUT2D eigenvalue weighted by Crippen LogP contribution is 2.27. The quantitative estimate of drug-likeness (QED) is 0.275. The Morgan fingerprint density at radius 2 is 1.67 bits per heavy atom. The van der Waals surface area contributed by atoms with E-state index in [1.54, 1.807) is 23.1 Å². The Balaban J connectivity index is 1.90. The van der Waals surface area contributed by atoms with Crippen LogP contribution in [0.2, 0.25) is 10.0 Å². The highest BCUT2D eigenvalue weighted by Gasteiger charge is 2.30. The topological polar surface area (TPSA) is 58.6 Å². The van der Waals surface area contributed by atoms with Crippen molar-refractivity contribution in [2.24, 2.45) is 5.92 Å². The van der Waals surface area contributed by atoms with Crippen molar-refractivity contribution in [3.8, 4) is 5.75 Å². The van der Waals surface area contributed by atoms with Crippen molar-refractivity contribution in [1.82, 2.24) is 10.2 Å². The van der Waals surface area contributed by atoms with Crippen LogP contribution in [0.1, 0.15) is 25.0 Å². The fraction of sp³-hybridized carbons (Fsp3) is 0.286. The number of nitrogens with one attached hydrogen (secondary N) is 1. The fourth-order valence-electron chi connectivity index (χ4n) is 3.58. The molecule has 0 heterocycles. The molecule has 1 atom stereocenters. The van der Waals surface area contributed by atoms with Crippen LogP contribution in [0.25, 0.3) is 0 Å². The SMILES string of the molecule is CC(C)CNC(=O)C(Cc1ccccc1)N(Cc1ccc(Br)cc1)C(=O)COc1ccc(Cl)cc1Cl. The predicted molar refractivity (Wildman–Crippen MR) is 148 cm³/mol. The summed E-state index contributed by atoms with van der Waals surface area (Å²) in [6, 6.07) is 21.4. The molecule has 0 bridgehead atoms. The molecule has 36 heavy (non-hydrogen) atoms. The zero-order chi connectivity index (χ0) is 26.1. The Kier molecular flexibility index (Phi) is 10.7. The third kappa shape index (κ3) is 8.54. The number of hydrogen-bond acceptors (Lipinski definition) is 3. The first-order chi connectivity index (χ1) is 17.2. The molecule has 0 aliphatic carbocycles. The van der Waals surface area contributed by atoms with E-state index in [-0.39, 0.29) is 30.9 Å². The molecule has 3 aromatic carbocycles. The zero-order valence-electron chi connectivity index (χ0n) is 20.2. The first-order valence-corrected chi connectivity index (χ1v) is 13.2. The lowest BCUT2D eigenvalue weighted by Gasteiger charge is -2.31. The van der Waals surface area contributed by atoms with Gasteiger partial charge in [0, 0.05) is 29.0 Å². The normalized spacial score (nSPS) is 11.7. The summed E-state index contributed by atoms with van der Waals surface area (Å²) in [5.41, 5.74) is 1.85. The van der Waals surface area contributed by atoms with Crippen molar-refractivity contribution in [3.63, 3.8) is 0 Å². The molecule has 0 spiro atoms. The van der Waals surface area contributed by atoms with Crippen molar-refractivity contribution in [1.29, 1.82) is 0 Å². The molecule has 0 radical (unpaired) electrons. The summed E-state index contributed by atoms with van der Waals surface area (Å²) in [4.78, 5) is 28.6. The van der Waals surface area contributed by atoms with Crippen LogP contribution in [-0.4, -0.2) is 35.9 Å².